The maximum Gasteiger partial charge on any atom is 0.351 e. The molecule has 0 spiro atoms. The molecule has 2 aromatic carbocycles. The Morgan fingerprint density at radius 3 is 2.50 bits per heavy atom. The monoisotopic (exact) mass is 397 g/mol. The lowest BCUT2D eigenvalue weighted by atomic mass is 10.2. The van der Waals surface area contributed by atoms with Crippen molar-refractivity contribution in [3.8, 4) is 5.75 Å². The normalized spacial score (nSPS) is 15.1. The van der Waals surface area contributed by atoms with E-state index in [1.165, 1.54) is 18.1 Å². The first-order valence-electron chi connectivity index (χ1n) is 7.27. The van der Waals surface area contributed by atoms with Crippen molar-refractivity contribution >= 4 is 38.8 Å². The summed E-state index contributed by atoms with van der Waals surface area (Å²) >= 11 is 6.05. The number of benzene rings is 2. The van der Waals surface area contributed by atoms with Gasteiger partial charge in [0.2, 0.25) is 9.84 Å². The second-order valence-electron chi connectivity index (χ2n) is 5.29. The van der Waals surface area contributed by atoms with E-state index in [9.17, 15) is 17.6 Å². The van der Waals surface area contributed by atoms with E-state index in [4.69, 9.17) is 16.3 Å². The van der Waals surface area contributed by atoms with Crippen molar-refractivity contribution in [2.75, 3.05) is 19.1 Å². The summed E-state index contributed by atoms with van der Waals surface area (Å²) in [7, 11) is -1.68. The molecule has 3 rings (SSSR count). The molecule has 0 atom stereocenters. The topological polar surface area (TPSA) is 72.9 Å². The molecule has 0 fully saturated rings. The Morgan fingerprint density at radius 1 is 1.12 bits per heavy atom. The summed E-state index contributed by atoms with van der Waals surface area (Å²) in [4.78, 5) is 12.5. The molecule has 0 radical (unpaired) electrons. The average Bonchev–Trinajstić information content (AvgIpc) is 2.61. The quantitative estimate of drug-likeness (QED) is 0.583. The Labute approximate surface area is 154 Å². The summed E-state index contributed by atoms with van der Waals surface area (Å²) in [5.41, 5.74) is 0.362. The molecule has 136 valence electrons. The highest BCUT2D eigenvalue weighted by Crippen LogP contribution is 2.44. The van der Waals surface area contributed by atoms with Crippen LogP contribution >= 0.6 is 11.6 Å². The molecule has 0 saturated carbocycles. The van der Waals surface area contributed by atoms with Gasteiger partial charge in [0.25, 0.3) is 0 Å². The molecule has 1 heterocycles. The van der Waals surface area contributed by atoms with Crippen molar-refractivity contribution in [3.05, 3.63) is 58.3 Å². The molecular formula is C17H13ClFNO5S. The highest BCUT2D eigenvalue weighted by Gasteiger charge is 2.37. The third-order valence-electron chi connectivity index (χ3n) is 3.79. The highest BCUT2D eigenvalue weighted by atomic mass is 35.5. The Morgan fingerprint density at radius 2 is 1.85 bits per heavy atom. The van der Waals surface area contributed by atoms with Gasteiger partial charge in [0.1, 0.15) is 11.6 Å². The number of rotatable bonds is 3. The van der Waals surface area contributed by atoms with E-state index < -0.39 is 26.5 Å². The first-order chi connectivity index (χ1) is 12.3. The van der Waals surface area contributed by atoms with Crippen LogP contribution in [0.4, 0.5) is 15.8 Å². The van der Waals surface area contributed by atoms with Crippen molar-refractivity contribution in [2.24, 2.45) is 0 Å². The third-order valence-corrected chi connectivity index (χ3v) is 5.80. The lowest BCUT2D eigenvalue weighted by molar-refractivity contribution is -0.135. The van der Waals surface area contributed by atoms with Crippen molar-refractivity contribution in [2.45, 2.75) is 4.90 Å². The molecule has 2 aromatic rings. The van der Waals surface area contributed by atoms with Crippen molar-refractivity contribution in [1.29, 1.82) is 0 Å². The van der Waals surface area contributed by atoms with Gasteiger partial charge in [-0.15, -0.1) is 0 Å². The summed E-state index contributed by atoms with van der Waals surface area (Å²) in [5, 5.41) is 0.347. The zero-order valence-electron chi connectivity index (χ0n) is 13.7. The van der Waals surface area contributed by atoms with Gasteiger partial charge in [-0.05, 0) is 36.4 Å². The van der Waals surface area contributed by atoms with Gasteiger partial charge in [-0.1, -0.05) is 11.6 Å². The minimum atomic E-state index is -4.18. The van der Waals surface area contributed by atoms with Gasteiger partial charge in [0.05, 0.1) is 30.5 Å². The summed E-state index contributed by atoms with van der Waals surface area (Å²) in [6, 6.07) is 7.83. The number of hydrogen-bond acceptors (Lipinski definition) is 6. The number of ether oxygens (including phenoxy) is 2. The number of esters is 1. The number of methoxy groups -OCH3 is 2. The maximum absolute atomic E-state index is 13.8. The fourth-order valence-electron chi connectivity index (χ4n) is 2.59. The second-order valence-corrected chi connectivity index (χ2v) is 7.61. The number of nitrogens with zero attached hydrogens (tertiary/aromatic N) is 1. The smallest absolute Gasteiger partial charge is 0.351 e. The van der Waals surface area contributed by atoms with E-state index in [1.54, 1.807) is 12.1 Å². The molecule has 0 aromatic heterocycles. The van der Waals surface area contributed by atoms with Gasteiger partial charge in [-0.3, -0.25) is 0 Å². The Balaban J connectivity index is 2.35. The van der Waals surface area contributed by atoms with E-state index in [1.807, 2.05) is 0 Å². The number of hydrogen-bond donors (Lipinski definition) is 0. The summed E-state index contributed by atoms with van der Waals surface area (Å²) in [6.45, 7) is 0. The Hall–Kier alpha value is -2.58. The van der Waals surface area contributed by atoms with Crippen LogP contribution in [0.25, 0.3) is 0 Å². The van der Waals surface area contributed by atoms with Crippen molar-refractivity contribution in [1.82, 2.24) is 0 Å². The first-order valence-corrected chi connectivity index (χ1v) is 9.13. The SMILES string of the molecule is COC(=O)C1=CN(c2cc(Cl)ccc2OC)c2cc(F)ccc2S1(=O)=O. The van der Waals surface area contributed by atoms with Crippen LogP contribution in [0.5, 0.6) is 5.75 Å². The van der Waals surface area contributed by atoms with Gasteiger partial charge in [0, 0.05) is 11.2 Å². The molecule has 0 unspecified atom stereocenters. The molecule has 0 saturated heterocycles. The minimum Gasteiger partial charge on any atom is -0.495 e. The van der Waals surface area contributed by atoms with Gasteiger partial charge in [0.15, 0.2) is 4.91 Å². The number of halogens is 2. The molecule has 1 aliphatic heterocycles. The fraction of sp³-hybridized carbons (Fsp3) is 0.118. The predicted molar refractivity (Wildman–Crippen MR) is 93.8 cm³/mol. The summed E-state index contributed by atoms with van der Waals surface area (Å²) in [5.74, 6) is -1.32. The molecule has 26 heavy (non-hydrogen) atoms. The highest BCUT2D eigenvalue weighted by molar-refractivity contribution is 7.96. The van der Waals surface area contributed by atoms with Crippen molar-refractivity contribution in [3.63, 3.8) is 0 Å². The van der Waals surface area contributed by atoms with E-state index >= 15 is 0 Å². The van der Waals surface area contributed by atoms with Gasteiger partial charge < -0.3 is 14.4 Å². The fourth-order valence-corrected chi connectivity index (χ4v) is 4.22. The zero-order chi connectivity index (χ0) is 19.1. The number of sulfone groups is 1. The molecular weight excluding hydrogens is 385 g/mol. The molecule has 0 aliphatic carbocycles. The molecule has 0 amide bonds. The van der Waals surface area contributed by atoms with Gasteiger partial charge in [-0.2, -0.15) is 0 Å². The lowest BCUT2D eigenvalue weighted by Crippen LogP contribution is -2.26. The van der Waals surface area contributed by atoms with Crippen LogP contribution in [0.15, 0.2) is 52.4 Å². The van der Waals surface area contributed by atoms with E-state index in [0.29, 0.717) is 16.5 Å². The summed E-state index contributed by atoms with van der Waals surface area (Å²) in [6.07, 6.45) is 1.07. The number of carbonyl (C=O) groups is 1. The molecule has 6 nitrogen and oxygen atoms in total. The Bertz CT molecular complexity index is 1040. The van der Waals surface area contributed by atoms with Crippen LogP contribution in [-0.2, 0) is 19.4 Å². The zero-order valence-corrected chi connectivity index (χ0v) is 15.3. The van der Waals surface area contributed by atoms with E-state index in [2.05, 4.69) is 4.74 Å². The molecule has 0 N–H and O–H groups in total. The van der Waals surface area contributed by atoms with Gasteiger partial charge in [-0.25, -0.2) is 17.6 Å². The largest absolute Gasteiger partial charge is 0.495 e. The molecule has 0 bridgehead atoms. The second kappa shape index (κ2) is 6.62. The molecule has 1 aliphatic rings. The standard InChI is InChI=1S/C17H13ClFNO5S/c1-24-14-5-3-10(18)7-12(14)20-9-16(17(21)25-2)26(22,23)15-6-4-11(19)8-13(15)20/h3-9H,1-2H3. The maximum atomic E-state index is 13.8. The summed E-state index contributed by atoms with van der Waals surface area (Å²) < 4.78 is 49.2. The van der Waals surface area contributed by atoms with Crippen LogP contribution in [0, 0.1) is 5.82 Å². The van der Waals surface area contributed by atoms with Crippen LogP contribution in [-0.4, -0.2) is 28.6 Å². The average molecular weight is 398 g/mol. The number of anilines is 2. The number of carbonyl (C=O) groups excluding carboxylic acids is 1. The predicted octanol–water partition coefficient (Wildman–Crippen LogP) is 3.43. The minimum absolute atomic E-state index is 0.0261. The van der Waals surface area contributed by atoms with E-state index in [-0.39, 0.29) is 10.6 Å². The van der Waals surface area contributed by atoms with Crippen LogP contribution in [0.3, 0.4) is 0 Å². The van der Waals surface area contributed by atoms with Crippen LogP contribution in [0.2, 0.25) is 5.02 Å². The third kappa shape index (κ3) is 2.91. The van der Waals surface area contributed by atoms with Crippen LogP contribution in [0.1, 0.15) is 0 Å². The first kappa shape index (κ1) is 18.2. The van der Waals surface area contributed by atoms with Crippen LogP contribution < -0.4 is 9.64 Å². The Kier molecular flexibility index (Phi) is 4.64. The number of fused-ring (bicyclic) bond motifs is 1. The van der Waals surface area contributed by atoms with E-state index in [0.717, 1.165) is 31.5 Å². The van der Waals surface area contributed by atoms with Crippen molar-refractivity contribution < 1.29 is 27.1 Å². The molecule has 9 heteroatoms. The lowest BCUT2D eigenvalue weighted by Gasteiger charge is -2.29. The van der Waals surface area contributed by atoms with Gasteiger partial charge >= 0.3 is 5.97 Å².